The average molecular weight is 285 g/mol. The van der Waals surface area contributed by atoms with Gasteiger partial charge in [0.15, 0.2) is 0 Å². The Morgan fingerprint density at radius 3 is 2.48 bits per heavy atom. The highest BCUT2D eigenvalue weighted by Gasteiger charge is 2.18. The van der Waals surface area contributed by atoms with Crippen molar-refractivity contribution in [3.63, 3.8) is 0 Å². The molecule has 2 heteroatoms. The van der Waals surface area contributed by atoms with Crippen molar-refractivity contribution in [1.29, 1.82) is 5.26 Å². The highest BCUT2D eigenvalue weighted by molar-refractivity contribution is 5.15. The molecule has 0 aromatic heterocycles. The molecule has 1 aliphatic rings. The van der Waals surface area contributed by atoms with Crippen LogP contribution < -0.4 is 0 Å². The fraction of sp³-hybridized carbons (Fsp3) is 0.526. The van der Waals surface area contributed by atoms with E-state index in [2.05, 4.69) is 12.1 Å². The first-order valence-corrected chi connectivity index (χ1v) is 8.08. The lowest BCUT2D eigenvalue weighted by Crippen LogP contribution is -2.13. The molecule has 0 radical (unpaired) electrons. The van der Waals surface area contributed by atoms with Gasteiger partial charge in [0, 0.05) is 6.08 Å². The molecule has 1 saturated carbocycles. The quantitative estimate of drug-likeness (QED) is 0.505. The third-order valence-electron chi connectivity index (χ3n) is 4.58. The molecular weight excluding hydrogens is 261 g/mol. The molecule has 1 aromatic rings. The van der Waals surface area contributed by atoms with Gasteiger partial charge in [-0.25, -0.2) is 4.39 Å². The van der Waals surface area contributed by atoms with E-state index in [1.165, 1.54) is 50.5 Å². The van der Waals surface area contributed by atoms with E-state index in [1.54, 1.807) is 18.2 Å². The smallest absolute Gasteiger partial charge is 0.123 e. The number of benzene rings is 1. The molecule has 0 saturated heterocycles. The number of halogens is 1. The Kier molecular flexibility index (Phi) is 6.47. The minimum Gasteiger partial charge on any atom is -0.207 e. The van der Waals surface area contributed by atoms with Crippen LogP contribution in [0.25, 0.3) is 0 Å². The molecule has 21 heavy (non-hydrogen) atoms. The summed E-state index contributed by atoms with van der Waals surface area (Å²) in [6, 6.07) is 8.96. The van der Waals surface area contributed by atoms with E-state index in [1.807, 2.05) is 12.1 Å². The third-order valence-corrected chi connectivity index (χ3v) is 4.58. The van der Waals surface area contributed by atoms with Gasteiger partial charge in [-0.3, -0.25) is 0 Å². The van der Waals surface area contributed by atoms with Crippen LogP contribution in [0.3, 0.4) is 0 Å². The number of allylic oxidation sites excluding steroid dienone is 2. The Hall–Kier alpha value is -1.62. The molecule has 0 amide bonds. The summed E-state index contributed by atoms with van der Waals surface area (Å²) < 4.78 is 12.8. The molecule has 0 aliphatic heterocycles. The number of aryl methyl sites for hydroxylation is 1. The second-order valence-corrected chi connectivity index (χ2v) is 6.14. The molecule has 2 rings (SSSR count). The van der Waals surface area contributed by atoms with E-state index >= 15 is 0 Å². The number of rotatable bonds is 6. The maximum Gasteiger partial charge on any atom is 0.123 e. The van der Waals surface area contributed by atoms with Gasteiger partial charge in [-0.05, 0) is 68.1 Å². The van der Waals surface area contributed by atoms with Gasteiger partial charge in [0.2, 0.25) is 0 Å². The Bertz CT molecular complexity index is 475. The second-order valence-electron chi connectivity index (χ2n) is 6.14. The maximum atomic E-state index is 12.8. The lowest BCUT2D eigenvalue weighted by atomic mass is 9.79. The average Bonchev–Trinajstić information content (AvgIpc) is 2.52. The summed E-state index contributed by atoms with van der Waals surface area (Å²) in [6.45, 7) is 0. The van der Waals surface area contributed by atoms with Crippen LogP contribution in [0, 0.1) is 29.0 Å². The molecule has 1 aromatic carbocycles. The van der Waals surface area contributed by atoms with Gasteiger partial charge >= 0.3 is 0 Å². The van der Waals surface area contributed by atoms with Crippen molar-refractivity contribution in [3.05, 3.63) is 47.8 Å². The fourth-order valence-corrected chi connectivity index (χ4v) is 3.26. The number of nitrogens with zero attached hydrogens (tertiary/aromatic N) is 1. The number of nitriles is 1. The third kappa shape index (κ3) is 5.71. The number of hydrogen-bond donors (Lipinski definition) is 0. The molecule has 0 unspecified atom stereocenters. The maximum absolute atomic E-state index is 12.8. The molecule has 1 nitrogen and oxygen atoms in total. The van der Waals surface area contributed by atoms with Crippen LogP contribution in [0.4, 0.5) is 4.39 Å². The zero-order chi connectivity index (χ0) is 14.9. The van der Waals surface area contributed by atoms with Crippen molar-refractivity contribution in [2.45, 2.75) is 51.4 Å². The van der Waals surface area contributed by atoms with Crippen molar-refractivity contribution in [3.8, 4) is 6.07 Å². The summed E-state index contributed by atoms with van der Waals surface area (Å²) in [5, 5.41) is 8.54. The van der Waals surface area contributed by atoms with Gasteiger partial charge < -0.3 is 0 Å². The van der Waals surface area contributed by atoms with Crippen LogP contribution >= 0.6 is 0 Å². The van der Waals surface area contributed by atoms with Crippen molar-refractivity contribution >= 4 is 0 Å². The van der Waals surface area contributed by atoms with Gasteiger partial charge in [-0.15, -0.1) is 0 Å². The minimum atomic E-state index is -0.152. The molecule has 0 atom stereocenters. The van der Waals surface area contributed by atoms with Gasteiger partial charge in [0.05, 0.1) is 6.07 Å². The lowest BCUT2D eigenvalue weighted by molar-refractivity contribution is 0.289. The minimum absolute atomic E-state index is 0.152. The summed E-state index contributed by atoms with van der Waals surface area (Å²) in [4.78, 5) is 0. The Labute approximate surface area is 127 Å². The highest BCUT2D eigenvalue weighted by Crippen LogP contribution is 2.32. The molecule has 0 bridgehead atoms. The summed E-state index contributed by atoms with van der Waals surface area (Å²) in [6.07, 6.45) is 13.6. The normalized spacial score (nSPS) is 22.3. The monoisotopic (exact) mass is 285 g/mol. The van der Waals surface area contributed by atoms with Crippen LogP contribution in [0.1, 0.15) is 50.5 Å². The number of unbranched alkanes of at least 4 members (excludes halogenated alkanes) is 1. The fourth-order valence-electron chi connectivity index (χ4n) is 3.26. The van der Waals surface area contributed by atoms with E-state index < -0.39 is 0 Å². The van der Waals surface area contributed by atoms with Gasteiger partial charge in [-0.1, -0.05) is 31.1 Å². The number of hydrogen-bond acceptors (Lipinski definition) is 1. The highest BCUT2D eigenvalue weighted by atomic mass is 19.1. The van der Waals surface area contributed by atoms with Crippen LogP contribution in [-0.4, -0.2) is 0 Å². The van der Waals surface area contributed by atoms with Crippen LogP contribution in [0.15, 0.2) is 36.4 Å². The first-order chi connectivity index (χ1) is 10.3. The molecule has 112 valence electrons. The Morgan fingerprint density at radius 2 is 1.81 bits per heavy atom. The predicted molar refractivity (Wildman–Crippen MR) is 84.2 cm³/mol. The first-order valence-electron chi connectivity index (χ1n) is 8.08. The van der Waals surface area contributed by atoms with E-state index in [-0.39, 0.29) is 5.82 Å². The first kappa shape index (κ1) is 15.8. The van der Waals surface area contributed by atoms with E-state index in [0.29, 0.717) is 5.92 Å². The van der Waals surface area contributed by atoms with Crippen LogP contribution in [0.5, 0.6) is 0 Å². The van der Waals surface area contributed by atoms with Crippen LogP contribution in [-0.2, 0) is 6.42 Å². The summed E-state index contributed by atoms with van der Waals surface area (Å²) in [5.41, 5.74) is 1.24. The Balaban J connectivity index is 1.59. The molecule has 0 spiro atoms. The van der Waals surface area contributed by atoms with Gasteiger partial charge in [0.25, 0.3) is 0 Å². The van der Waals surface area contributed by atoms with Crippen molar-refractivity contribution in [1.82, 2.24) is 0 Å². The summed E-state index contributed by atoms with van der Waals surface area (Å²) in [5.74, 6) is 1.34. The zero-order valence-electron chi connectivity index (χ0n) is 12.6. The molecule has 1 aliphatic carbocycles. The van der Waals surface area contributed by atoms with Crippen molar-refractivity contribution < 1.29 is 4.39 Å². The summed E-state index contributed by atoms with van der Waals surface area (Å²) >= 11 is 0. The van der Waals surface area contributed by atoms with Gasteiger partial charge in [-0.2, -0.15) is 5.26 Å². The van der Waals surface area contributed by atoms with Crippen molar-refractivity contribution in [2.24, 2.45) is 11.8 Å². The zero-order valence-corrected chi connectivity index (χ0v) is 12.6. The lowest BCUT2D eigenvalue weighted by Gasteiger charge is -2.26. The molecule has 0 heterocycles. The topological polar surface area (TPSA) is 23.8 Å². The van der Waals surface area contributed by atoms with Crippen LogP contribution in [0.2, 0.25) is 0 Å². The van der Waals surface area contributed by atoms with Crippen molar-refractivity contribution in [2.75, 3.05) is 0 Å². The largest absolute Gasteiger partial charge is 0.207 e. The molecular formula is C19H24FN. The second kappa shape index (κ2) is 8.62. The summed E-state index contributed by atoms with van der Waals surface area (Å²) in [7, 11) is 0. The molecule has 0 N–H and O–H groups in total. The predicted octanol–water partition coefficient (Wildman–Crippen LogP) is 5.42. The Morgan fingerprint density at radius 1 is 1.10 bits per heavy atom. The van der Waals surface area contributed by atoms with E-state index in [0.717, 1.165) is 12.3 Å². The van der Waals surface area contributed by atoms with E-state index in [9.17, 15) is 4.39 Å². The SMILES string of the molecule is N#CC=CC1CCC(CCCCc2ccc(F)cc2)CC1. The standard InChI is InChI=1S/C19H24FN/c20-19-13-11-17(12-14-19)5-2-1-4-16-7-9-18(10-8-16)6-3-15-21/h3,6,11-14,16,18H,1-2,4-5,7-10H2. The van der Waals surface area contributed by atoms with Gasteiger partial charge in [0.1, 0.15) is 5.82 Å². The van der Waals surface area contributed by atoms with E-state index in [4.69, 9.17) is 5.26 Å². The molecule has 1 fully saturated rings.